The maximum absolute atomic E-state index is 6.06. The smallest absolute Gasteiger partial charge is 0.224 e. The molecule has 98 valence electrons. The zero-order valence-corrected chi connectivity index (χ0v) is 12.2. The van der Waals surface area contributed by atoms with Crippen LogP contribution in [0.3, 0.4) is 0 Å². The molecule has 0 N–H and O–H groups in total. The Bertz CT molecular complexity index is 939. The first kappa shape index (κ1) is 11.9. The van der Waals surface area contributed by atoms with Crippen molar-refractivity contribution in [1.29, 1.82) is 0 Å². The number of rotatable bonds is 1. The number of halogens is 1. The number of benzene rings is 1. The van der Waals surface area contributed by atoms with Gasteiger partial charge in [-0.3, -0.25) is 4.57 Å². The molecule has 0 saturated heterocycles. The van der Waals surface area contributed by atoms with Gasteiger partial charge in [0.1, 0.15) is 0 Å². The summed E-state index contributed by atoms with van der Waals surface area (Å²) in [6.07, 6.45) is 2.10. The minimum atomic E-state index is 0.279. The van der Waals surface area contributed by atoms with Crippen LogP contribution in [0.4, 0.5) is 0 Å². The molecule has 0 atom stereocenters. The molecule has 20 heavy (non-hydrogen) atoms. The molecule has 1 aromatic carbocycles. The van der Waals surface area contributed by atoms with Crippen LogP contribution in [0.2, 0.25) is 5.28 Å². The number of nitrogens with zero attached hydrogens (tertiary/aromatic N) is 3. The monoisotopic (exact) mass is 299 g/mol. The Morgan fingerprint density at radius 2 is 2.00 bits per heavy atom. The number of thiophene rings is 1. The number of para-hydroxylation sites is 1. The van der Waals surface area contributed by atoms with Crippen LogP contribution >= 0.6 is 22.9 Å². The highest BCUT2D eigenvalue weighted by molar-refractivity contribution is 7.17. The summed E-state index contributed by atoms with van der Waals surface area (Å²) in [7, 11) is 0. The summed E-state index contributed by atoms with van der Waals surface area (Å²) in [5.74, 6) is 0.847. The van der Waals surface area contributed by atoms with E-state index in [-0.39, 0.29) is 5.28 Å². The van der Waals surface area contributed by atoms with Gasteiger partial charge in [-0.2, -0.15) is 4.98 Å². The largest absolute Gasteiger partial charge is 0.300 e. The first-order valence-electron chi connectivity index (χ1n) is 6.22. The number of hydrogen-bond acceptors (Lipinski definition) is 3. The van der Waals surface area contributed by atoms with E-state index in [0.29, 0.717) is 0 Å². The first-order valence-corrected chi connectivity index (χ1v) is 7.47. The topological polar surface area (TPSA) is 30.7 Å². The Morgan fingerprint density at radius 1 is 1.15 bits per heavy atom. The van der Waals surface area contributed by atoms with Crippen molar-refractivity contribution in [2.24, 2.45) is 0 Å². The van der Waals surface area contributed by atoms with Gasteiger partial charge in [-0.1, -0.05) is 18.2 Å². The Morgan fingerprint density at radius 3 is 2.90 bits per heavy atom. The van der Waals surface area contributed by atoms with Crippen LogP contribution in [0, 0.1) is 6.92 Å². The quantitative estimate of drug-likeness (QED) is 0.481. The van der Waals surface area contributed by atoms with Crippen molar-refractivity contribution < 1.29 is 0 Å². The van der Waals surface area contributed by atoms with E-state index in [1.165, 1.54) is 10.9 Å². The lowest BCUT2D eigenvalue weighted by molar-refractivity contribution is 1.04. The molecule has 0 aliphatic heterocycles. The summed E-state index contributed by atoms with van der Waals surface area (Å²) >= 11 is 7.69. The van der Waals surface area contributed by atoms with Crippen molar-refractivity contribution in [1.82, 2.24) is 14.5 Å². The zero-order valence-electron chi connectivity index (χ0n) is 10.7. The second kappa shape index (κ2) is 4.30. The minimum Gasteiger partial charge on any atom is -0.300 e. The molecule has 0 radical (unpaired) electrons. The molecule has 0 amide bonds. The van der Waals surface area contributed by atoms with Gasteiger partial charge in [-0.25, -0.2) is 4.98 Å². The van der Waals surface area contributed by atoms with Gasteiger partial charge < -0.3 is 0 Å². The van der Waals surface area contributed by atoms with Crippen molar-refractivity contribution in [3.05, 3.63) is 52.8 Å². The molecule has 3 aromatic heterocycles. The maximum Gasteiger partial charge on any atom is 0.224 e. The number of hydrogen-bond donors (Lipinski definition) is 0. The molecule has 0 saturated carbocycles. The van der Waals surface area contributed by atoms with Gasteiger partial charge >= 0.3 is 0 Å². The summed E-state index contributed by atoms with van der Waals surface area (Å²) in [6.45, 7) is 2.10. The van der Waals surface area contributed by atoms with Crippen LogP contribution in [0.5, 0.6) is 0 Å². The minimum absolute atomic E-state index is 0.279. The summed E-state index contributed by atoms with van der Waals surface area (Å²) < 4.78 is 3.15. The predicted molar refractivity (Wildman–Crippen MR) is 84.0 cm³/mol. The molecule has 0 aliphatic carbocycles. The van der Waals surface area contributed by atoms with E-state index in [1.807, 2.05) is 23.6 Å². The zero-order chi connectivity index (χ0) is 13.7. The Kier molecular flexibility index (Phi) is 2.55. The van der Waals surface area contributed by atoms with Gasteiger partial charge in [0.25, 0.3) is 0 Å². The second-order valence-electron chi connectivity index (χ2n) is 4.65. The first-order chi connectivity index (χ1) is 9.74. The summed E-state index contributed by atoms with van der Waals surface area (Å²) in [6, 6.07) is 10.3. The van der Waals surface area contributed by atoms with Gasteiger partial charge in [-0.05, 0) is 41.6 Å². The molecule has 5 heteroatoms. The van der Waals surface area contributed by atoms with E-state index >= 15 is 0 Å². The summed E-state index contributed by atoms with van der Waals surface area (Å²) in [4.78, 5) is 8.70. The van der Waals surface area contributed by atoms with Crippen molar-refractivity contribution in [3.8, 4) is 5.82 Å². The third-order valence-electron chi connectivity index (χ3n) is 3.40. The van der Waals surface area contributed by atoms with E-state index in [4.69, 9.17) is 11.6 Å². The van der Waals surface area contributed by atoms with E-state index < -0.39 is 0 Å². The molecule has 0 unspecified atom stereocenters. The van der Waals surface area contributed by atoms with E-state index in [2.05, 4.69) is 39.8 Å². The lowest BCUT2D eigenvalue weighted by Crippen LogP contribution is -1.97. The van der Waals surface area contributed by atoms with E-state index in [9.17, 15) is 0 Å². The van der Waals surface area contributed by atoms with Crippen LogP contribution in [0.1, 0.15) is 5.56 Å². The van der Waals surface area contributed by atoms with Crippen molar-refractivity contribution in [2.75, 3.05) is 0 Å². The van der Waals surface area contributed by atoms with Crippen LogP contribution < -0.4 is 0 Å². The fourth-order valence-corrected chi connectivity index (χ4v) is 3.50. The van der Waals surface area contributed by atoms with Gasteiger partial charge in [0.15, 0.2) is 5.82 Å². The third-order valence-corrected chi connectivity index (χ3v) is 4.47. The van der Waals surface area contributed by atoms with Crippen LogP contribution in [-0.4, -0.2) is 14.5 Å². The molecule has 4 rings (SSSR count). The highest BCUT2D eigenvalue weighted by atomic mass is 35.5. The van der Waals surface area contributed by atoms with Gasteiger partial charge in [-0.15, -0.1) is 11.3 Å². The molecular formula is C15H10ClN3S. The van der Waals surface area contributed by atoms with Crippen molar-refractivity contribution in [2.45, 2.75) is 6.92 Å². The molecule has 0 aliphatic rings. The Hall–Kier alpha value is -1.91. The summed E-state index contributed by atoms with van der Waals surface area (Å²) in [5.41, 5.74) is 3.25. The fraction of sp³-hybridized carbons (Fsp3) is 0.0667. The third kappa shape index (κ3) is 1.65. The number of fused-ring (bicyclic) bond motifs is 2. The highest BCUT2D eigenvalue weighted by Gasteiger charge is 2.13. The average Bonchev–Trinajstić information content (AvgIpc) is 3.03. The molecule has 0 bridgehead atoms. The average molecular weight is 300 g/mol. The Labute approximate surface area is 124 Å². The lowest BCUT2D eigenvalue weighted by Gasteiger charge is -2.06. The van der Waals surface area contributed by atoms with Gasteiger partial charge in [0.2, 0.25) is 5.28 Å². The van der Waals surface area contributed by atoms with Crippen LogP contribution in [-0.2, 0) is 0 Å². The lowest BCUT2D eigenvalue weighted by atomic mass is 10.2. The molecule has 0 fully saturated rings. The van der Waals surface area contributed by atoms with Crippen LogP contribution in [0.15, 0.2) is 41.9 Å². The number of aryl methyl sites for hydroxylation is 1. The highest BCUT2D eigenvalue weighted by Crippen LogP contribution is 2.30. The molecule has 3 heterocycles. The SMILES string of the molecule is Cc1cn(-c2nc(Cl)nc3ccsc23)c2ccccc12. The standard InChI is InChI=1S/C15H10ClN3S/c1-9-8-19(12-5-3-2-4-10(9)12)14-13-11(6-7-20-13)17-15(16)18-14/h2-8H,1H3. The second-order valence-corrected chi connectivity index (χ2v) is 5.90. The van der Waals surface area contributed by atoms with Crippen molar-refractivity contribution >= 4 is 44.1 Å². The fourth-order valence-electron chi connectivity index (χ4n) is 2.51. The molecule has 0 spiro atoms. The Balaban J connectivity index is 2.14. The normalized spacial score (nSPS) is 11.5. The van der Waals surface area contributed by atoms with E-state index in [0.717, 1.165) is 21.6 Å². The molecule has 4 aromatic rings. The molecular weight excluding hydrogens is 290 g/mol. The van der Waals surface area contributed by atoms with Crippen LogP contribution in [0.25, 0.3) is 26.9 Å². The van der Waals surface area contributed by atoms with Crippen molar-refractivity contribution in [3.63, 3.8) is 0 Å². The predicted octanol–water partition coefficient (Wildman–Crippen LogP) is 4.60. The summed E-state index contributed by atoms with van der Waals surface area (Å²) in [5, 5.41) is 3.52. The number of aromatic nitrogens is 3. The van der Waals surface area contributed by atoms with E-state index in [1.54, 1.807) is 11.3 Å². The molecule has 3 nitrogen and oxygen atoms in total. The van der Waals surface area contributed by atoms with Gasteiger partial charge in [0, 0.05) is 11.6 Å². The maximum atomic E-state index is 6.06. The van der Waals surface area contributed by atoms with Gasteiger partial charge in [0.05, 0.1) is 15.7 Å².